The maximum absolute atomic E-state index is 13.1. The van der Waals surface area contributed by atoms with Gasteiger partial charge in [-0.1, -0.05) is 68.4 Å². The van der Waals surface area contributed by atoms with Crippen LogP contribution in [0.5, 0.6) is 0 Å². The van der Waals surface area contributed by atoms with Crippen LogP contribution in [0.2, 0.25) is 0 Å². The van der Waals surface area contributed by atoms with Gasteiger partial charge in [-0.2, -0.15) is 0 Å². The number of anilines is 1. The summed E-state index contributed by atoms with van der Waals surface area (Å²) in [4.78, 5) is 20.4. The lowest BCUT2D eigenvalue weighted by Crippen LogP contribution is -2.20. The van der Waals surface area contributed by atoms with Crippen molar-refractivity contribution in [3.05, 3.63) is 69.2 Å². The number of allylic oxidation sites excluding steroid dienone is 5. The van der Waals surface area contributed by atoms with E-state index in [0.717, 1.165) is 61.7 Å². The summed E-state index contributed by atoms with van der Waals surface area (Å²) in [6.45, 7) is 6.35. The summed E-state index contributed by atoms with van der Waals surface area (Å²) in [5, 5.41) is 2.13. The van der Waals surface area contributed by atoms with Crippen LogP contribution in [0.1, 0.15) is 52.4 Å². The molecule has 2 heterocycles. The third kappa shape index (κ3) is 4.57. The zero-order valence-corrected chi connectivity index (χ0v) is 19.5. The molecular weight excluding hydrogens is 408 g/mol. The van der Waals surface area contributed by atoms with Crippen molar-refractivity contribution in [1.29, 1.82) is 0 Å². The summed E-state index contributed by atoms with van der Waals surface area (Å²) in [6.07, 6.45) is 14.9. The minimum atomic E-state index is 0.0830. The van der Waals surface area contributed by atoms with Gasteiger partial charge in [-0.25, -0.2) is 0 Å². The fourth-order valence-electron chi connectivity index (χ4n) is 3.92. The van der Waals surface area contributed by atoms with Crippen molar-refractivity contribution in [2.45, 2.75) is 57.3 Å². The molecule has 5 heteroatoms. The van der Waals surface area contributed by atoms with E-state index in [1.54, 1.807) is 23.5 Å². The van der Waals surface area contributed by atoms with Crippen LogP contribution < -0.4 is 4.90 Å². The number of carbonyl (C=O) groups excluding carboxylic acids is 1. The number of ketones is 1. The van der Waals surface area contributed by atoms with Crippen molar-refractivity contribution in [1.82, 2.24) is 4.90 Å². The molecule has 3 nitrogen and oxygen atoms in total. The molecule has 0 fully saturated rings. The van der Waals surface area contributed by atoms with Gasteiger partial charge in [0.1, 0.15) is 0 Å². The molecule has 3 aliphatic rings. The second-order valence-corrected chi connectivity index (χ2v) is 9.98. The normalized spacial score (nSPS) is 20.5. The second-order valence-electron chi connectivity index (χ2n) is 7.80. The topological polar surface area (TPSA) is 23.6 Å². The van der Waals surface area contributed by atoms with Crippen molar-refractivity contribution in [2.75, 3.05) is 18.0 Å². The molecule has 0 atom stereocenters. The number of carbonyl (C=O) groups is 1. The number of unbranched alkanes of at least 4 members (excludes halogenated alkanes) is 2. The number of hydrogen-bond donors (Lipinski definition) is 0. The summed E-state index contributed by atoms with van der Waals surface area (Å²) in [7, 11) is 0. The van der Waals surface area contributed by atoms with Crippen LogP contribution in [-0.2, 0) is 4.79 Å². The maximum Gasteiger partial charge on any atom is 0.183 e. The molecule has 0 aromatic heterocycles. The minimum absolute atomic E-state index is 0.0830. The molecule has 158 valence electrons. The van der Waals surface area contributed by atoms with Gasteiger partial charge in [0.2, 0.25) is 0 Å². The molecule has 0 saturated carbocycles. The standard InChI is InChI=1S/C25H30N2OS2/c1-3-5-15-26-20-11-7-9-13-22(20)29-24(26)17-19(28)18-25-27(16-6-4-2)21-12-8-10-14-23(21)30-25/h7-9,11-13,17-18H,3-6,10,14-16H2,1-2H3/b24-17-,25-18-. The molecule has 1 aromatic rings. The Balaban J connectivity index is 1.56. The van der Waals surface area contributed by atoms with Crippen LogP contribution in [-0.4, -0.2) is 23.8 Å². The molecule has 0 unspecified atom stereocenters. The molecule has 0 amide bonds. The third-order valence-corrected chi connectivity index (χ3v) is 7.84. The molecule has 0 saturated heterocycles. The monoisotopic (exact) mass is 438 g/mol. The highest BCUT2D eigenvalue weighted by molar-refractivity contribution is 8.07. The van der Waals surface area contributed by atoms with Crippen LogP contribution in [0, 0.1) is 0 Å². The van der Waals surface area contributed by atoms with Crippen molar-refractivity contribution in [2.24, 2.45) is 0 Å². The van der Waals surface area contributed by atoms with Crippen LogP contribution in [0.4, 0.5) is 5.69 Å². The first kappa shape index (κ1) is 21.4. The largest absolute Gasteiger partial charge is 0.335 e. The highest BCUT2D eigenvalue weighted by atomic mass is 32.2. The fourth-order valence-corrected chi connectivity index (χ4v) is 6.28. The number of benzene rings is 1. The first-order valence-electron chi connectivity index (χ1n) is 11.1. The van der Waals surface area contributed by atoms with E-state index < -0.39 is 0 Å². The van der Waals surface area contributed by atoms with E-state index >= 15 is 0 Å². The van der Waals surface area contributed by atoms with Gasteiger partial charge in [0.15, 0.2) is 5.78 Å². The molecule has 1 aromatic carbocycles. The van der Waals surface area contributed by atoms with Gasteiger partial charge in [0.05, 0.1) is 21.4 Å². The Bertz CT molecular complexity index is 929. The third-order valence-electron chi connectivity index (χ3n) is 5.52. The van der Waals surface area contributed by atoms with Gasteiger partial charge in [-0.05, 0) is 43.9 Å². The first-order chi connectivity index (χ1) is 14.7. The average molecular weight is 439 g/mol. The molecule has 0 bridgehead atoms. The Labute approximate surface area is 189 Å². The van der Waals surface area contributed by atoms with Crippen LogP contribution in [0.3, 0.4) is 0 Å². The molecule has 1 aliphatic carbocycles. The summed E-state index contributed by atoms with van der Waals surface area (Å²) in [6, 6.07) is 8.45. The Morgan fingerprint density at radius 2 is 1.70 bits per heavy atom. The Hall–Kier alpha value is -1.85. The van der Waals surface area contributed by atoms with Gasteiger partial charge < -0.3 is 9.80 Å². The Morgan fingerprint density at radius 3 is 2.47 bits per heavy atom. The smallest absolute Gasteiger partial charge is 0.183 e. The minimum Gasteiger partial charge on any atom is -0.335 e. The van der Waals surface area contributed by atoms with Gasteiger partial charge in [0.25, 0.3) is 0 Å². The fraction of sp³-hybridized carbons (Fsp3) is 0.400. The zero-order chi connectivity index (χ0) is 20.9. The van der Waals surface area contributed by atoms with Gasteiger partial charge in [-0.3, -0.25) is 4.79 Å². The Kier molecular flexibility index (Phi) is 7.11. The van der Waals surface area contributed by atoms with E-state index in [0.29, 0.717) is 0 Å². The quantitative estimate of drug-likeness (QED) is 0.404. The van der Waals surface area contributed by atoms with Crippen molar-refractivity contribution < 1.29 is 4.79 Å². The second kappa shape index (κ2) is 9.97. The lowest BCUT2D eigenvalue weighted by Gasteiger charge is -2.22. The van der Waals surface area contributed by atoms with Gasteiger partial charge in [-0.15, -0.1) is 0 Å². The number of thioether (sulfide) groups is 2. The number of nitrogens with zero attached hydrogens (tertiary/aromatic N) is 2. The van der Waals surface area contributed by atoms with Gasteiger partial charge >= 0.3 is 0 Å². The Morgan fingerprint density at radius 1 is 1.00 bits per heavy atom. The molecular formula is C25H30N2OS2. The first-order valence-corrected chi connectivity index (χ1v) is 12.7. The molecule has 2 aliphatic heterocycles. The SMILES string of the molecule is CCCCN1C2=C(CCC=C2)S/C1=C\C(=O)/C=C1\Sc2ccccc2N1CCCC. The molecule has 0 radical (unpaired) electrons. The average Bonchev–Trinajstić information content (AvgIpc) is 3.27. The number of fused-ring (bicyclic) bond motifs is 1. The van der Waals surface area contributed by atoms with Crippen molar-refractivity contribution in [3.63, 3.8) is 0 Å². The highest BCUT2D eigenvalue weighted by Crippen LogP contribution is 2.47. The lowest BCUT2D eigenvalue weighted by atomic mass is 10.1. The van der Waals surface area contributed by atoms with E-state index in [4.69, 9.17) is 0 Å². The van der Waals surface area contributed by atoms with Crippen molar-refractivity contribution >= 4 is 35.0 Å². The van der Waals surface area contributed by atoms with Gasteiger partial charge in [0, 0.05) is 35.0 Å². The number of rotatable bonds is 8. The number of para-hydroxylation sites is 1. The predicted molar refractivity (Wildman–Crippen MR) is 130 cm³/mol. The van der Waals surface area contributed by atoms with Crippen LogP contribution in [0.15, 0.2) is 74.1 Å². The molecule has 0 N–H and O–H groups in total. The molecule has 0 spiro atoms. The summed E-state index contributed by atoms with van der Waals surface area (Å²) in [5.74, 6) is 0.0830. The van der Waals surface area contributed by atoms with E-state index in [1.165, 1.54) is 21.2 Å². The van der Waals surface area contributed by atoms with E-state index in [2.05, 4.69) is 60.1 Å². The van der Waals surface area contributed by atoms with Crippen LogP contribution in [0.25, 0.3) is 0 Å². The number of hydrogen-bond acceptors (Lipinski definition) is 5. The molecule has 30 heavy (non-hydrogen) atoms. The van der Waals surface area contributed by atoms with E-state index in [9.17, 15) is 4.79 Å². The highest BCUT2D eigenvalue weighted by Gasteiger charge is 2.28. The van der Waals surface area contributed by atoms with Crippen molar-refractivity contribution in [3.8, 4) is 0 Å². The molecule has 4 rings (SSSR count). The van der Waals surface area contributed by atoms with Crippen LogP contribution >= 0.6 is 23.5 Å². The zero-order valence-electron chi connectivity index (χ0n) is 17.9. The summed E-state index contributed by atoms with van der Waals surface area (Å²) < 4.78 is 0. The van der Waals surface area contributed by atoms with E-state index in [1.807, 2.05) is 12.2 Å². The summed E-state index contributed by atoms with van der Waals surface area (Å²) in [5.41, 5.74) is 2.53. The maximum atomic E-state index is 13.1. The summed E-state index contributed by atoms with van der Waals surface area (Å²) >= 11 is 3.50. The van der Waals surface area contributed by atoms with E-state index in [-0.39, 0.29) is 5.78 Å². The lowest BCUT2D eigenvalue weighted by molar-refractivity contribution is -0.110. The predicted octanol–water partition coefficient (Wildman–Crippen LogP) is 7.06.